The van der Waals surface area contributed by atoms with Gasteiger partial charge in [-0.3, -0.25) is 0 Å². The van der Waals surface area contributed by atoms with Crippen molar-refractivity contribution in [2.75, 3.05) is 18.6 Å². The van der Waals surface area contributed by atoms with Crippen molar-refractivity contribution in [2.45, 2.75) is 42.8 Å². The van der Waals surface area contributed by atoms with Gasteiger partial charge in [-0.2, -0.15) is 11.8 Å². The zero-order chi connectivity index (χ0) is 14.2. The molecular formula is C13H21N3O2S2. The molecular weight excluding hydrogens is 294 g/mol. The largest absolute Gasteiger partial charge is 0.346 e. The Morgan fingerprint density at radius 3 is 2.80 bits per heavy atom. The van der Waals surface area contributed by atoms with Crippen LogP contribution in [0.1, 0.15) is 31.0 Å². The van der Waals surface area contributed by atoms with Crippen LogP contribution in [-0.4, -0.2) is 37.6 Å². The summed E-state index contributed by atoms with van der Waals surface area (Å²) in [5.41, 5.74) is 1.05. The lowest BCUT2D eigenvalue weighted by atomic mass is 10.3. The zero-order valence-electron chi connectivity index (χ0n) is 11.6. The van der Waals surface area contributed by atoms with Crippen molar-refractivity contribution in [3.63, 3.8) is 0 Å². The van der Waals surface area contributed by atoms with E-state index in [2.05, 4.69) is 14.6 Å². The number of nitrogens with zero attached hydrogens (tertiary/aromatic N) is 1. The topological polar surface area (TPSA) is 63.1 Å². The summed E-state index contributed by atoms with van der Waals surface area (Å²) >= 11 is 1.81. The lowest BCUT2D eigenvalue weighted by Gasteiger charge is -2.10. The first-order valence-corrected chi connectivity index (χ1v) is 9.69. The molecule has 3 rings (SSSR count). The maximum absolute atomic E-state index is 12.4. The quantitative estimate of drug-likeness (QED) is 0.831. The van der Waals surface area contributed by atoms with Crippen LogP contribution in [0.15, 0.2) is 17.2 Å². The molecule has 1 aromatic rings. The van der Waals surface area contributed by atoms with E-state index in [4.69, 9.17) is 0 Å². The molecule has 1 aliphatic carbocycles. The molecule has 0 amide bonds. The highest BCUT2D eigenvalue weighted by atomic mass is 32.2. The Balaban J connectivity index is 1.82. The van der Waals surface area contributed by atoms with Gasteiger partial charge in [-0.25, -0.2) is 13.1 Å². The number of hydrogen-bond donors (Lipinski definition) is 2. The Morgan fingerprint density at radius 1 is 1.40 bits per heavy atom. The molecule has 2 heterocycles. The normalized spacial score (nSPS) is 23.4. The van der Waals surface area contributed by atoms with Crippen LogP contribution in [0.25, 0.3) is 0 Å². The highest BCUT2D eigenvalue weighted by Crippen LogP contribution is 2.37. The Labute approximate surface area is 124 Å². The SMILES string of the molecule is CNCc1cc(S(=O)(=O)NC2CCSC2)cn1C1CC1. The van der Waals surface area contributed by atoms with Crippen LogP contribution in [-0.2, 0) is 16.6 Å². The second-order valence-corrected chi connectivity index (χ2v) is 8.38. The van der Waals surface area contributed by atoms with Crippen LogP contribution in [0, 0.1) is 0 Å². The maximum Gasteiger partial charge on any atom is 0.242 e. The third-order valence-corrected chi connectivity index (χ3v) is 6.42. The molecule has 0 spiro atoms. The highest BCUT2D eigenvalue weighted by Gasteiger charge is 2.29. The van der Waals surface area contributed by atoms with Crippen molar-refractivity contribution in [1.82, 2.24) is 14.6 Å². The number of sulfonamides is 1. The summed E-state index contributed by atoms with van der Waals surface area (Å²) in [6.07, 6.45) is 5.03. The molecule has 7 heteroatoms. The molecule has 1 saturated carbocycles. The molecule has 0 bridgehead atoms. The van der Waals surface area contributed by atoms with Gasteiger partial charge in [0.05, 0.1) is 4.90 Å². The summed E-state index contributed by atoms with van der Waals surface area (Å²) in [5.74, 6) is 1.92. The summed E-state index contributed by atoms with van der Waals surface area (Å²) in [5, 5.41) is 3.11. The van der Waals surface area contributed by atoms with E-state index in [9.17, 15) is 8.42 Å². The summed E-state index contributed by atoms with van der Waals surface area (Å²) < 4.78 is 29.8. The van der Waals surface area contributed by atoms with Crippen LogP contribution in [0.3, 0.4) is 0 Å². The number of nitrogens with one attached hydrogen (secondary N) is 2. The average molecular weight is 315 g/mol. The molecule has 1 aromatic heterocycles. The summed E-state index contributed by atoms with van der Waals surface area (Å²) in [4.78, 5) is 0.409. The van der Waals surface area contributed by atoms with Crippen molar-refractivity contribution in [2.24, 2.45) is 0 Å². The highest BCUT2D eigenvalue weighted by molar-refractivity contribution is 7.99. The van der Waals surface area contributed by atoms with Gasteiger partial charge in [0.2, 0.25) is 10.0 Å². The molecule has 1 aliphatic heterocycles. The maximum atomic E-state index is 12.4. The van der Waals surface area contributed by atoms with Gasteiger partial charge < -0.3 is 9.88 Å². The molecule has 2 aliphatic rings. The Hall–Kier alpha value is -0.500. The minimum atomic E-state index is -3.38. The van der Waals surface area contributed by atoms with E-state index in [1.54, 1.807) is 12.3 Å². The first-order valence-electron chi connectivity index (χ1n) is 7.05. The molecule has 20 heavy (non-hydrogen) atoms. The lowest BCUT2D eigenvalue weighted by Crippen LogP contribution is -2.34. The second-order valence-electron chi connectivity index (χ2n) is 5.52. The zero-order valence-corrected chi connectivity index (χ0v) is 13.3. The average Bonchev–Trinajstić information content (AvgIpc) is 2.94. The fraction of sp³-hybridized carbons (Fsp3) is 0.692. The van der Waals surface area contributed by atoms with Crippen LogP contribution < -0.4 is 10.0 Å². The Bertz CT molecular complexity index is 572. The van der Waals surface area contributed by atoms with Gasteiger partial charge in [0.15, 0.2) is 0 Å². The van der Waals surface area contributed by atoms with E-state index in [1.807, 2.05) is 18.8 Å². The molecule has 5 nitrogen and oxygen atoms in total. The van der Waals surface area contributed by atoms with Crippen molar-refractivity contribution in [1.29, 1.82) is 0 Å². The van der Waals surface area contributed by atoms with Crippen LogP contribution in [0.5, 0.6) is 0 Å². The van der Waals surface area contributed by atoms with Gasteiger partial charge in [-0.15, -0.1) is 0 Å². The Morgan fingerprint density at radius 2 is 2.20 bits per heavy atom. The predicted octanol–water partition coefficient (Wildman–Crippen LogP) is 1.33. The molecule has 0 radical (unpaired) electrons. The summed E-state index contributed by atoms with van der Waals surface area (Å²) in [6, 6.07) is 2.38. The van der Waals surface area contributed by atoms with Gasteiger partial charge in [0.1, 0.15) is 0 Å². The lowest BCUT2D eigenvalue weighted by molar-refractivity contribution is 0.562. The van der Waals surface area contributed by atoms with Crippen molar-refractivity contribution < 1.29 is 8.42 Å². The molecule has 2 N–H and O–H groups in total. The smallest absolute Gasteiger partial charge is 0.242 e. The van der Waals surface area contributed by atoms with E-state index in [0.29, 0.717) is 17.5 Å². The van der Waals surface area contributed by atoms with Crippen molar-refractivity contribution >= 4 is 21.8 Å². The van der Waals surface area contributed by atoms with E-state index in [-0.39, 0.29) is 6.04 Å². The van der Waals surface area contributed by atoms with Crippen molar-refractivity contribution in [3.05, 3.63) is 18.0 Å². The fourth-order valence-corrected chi connectivity index (χ4v) is 5.15. The first kappa shape index (κ1) is 14.4. The number of rotatable bonds is 6. The Kier molecular flexibility index (Phi) is 4.12. The standard InChI is InChI=1S/C13H21N3O2S2/c1-14-7-12-6-13(8-16(12)11-2-3-11)20(17,18)15-10-4-5-19-9-10/h6,8,10-11,14-15H,2-5,7,9H2,1H3. The van der Waals surface area contributed by atoms with Gasteiger partial charge in [-0.1, -0.05) is 0 Å². The minimum absolute atomic E-state index is 0.0852. The van der Waals surface area contributed by atoms with Crippen LogP contribution >= 0.6 is 11.8 Å². The second kappa shape index (κ2) is 5.71. The van der Waals surface area contributed by atoms with E-state index in [1.165, 1.54) is 0 Å². The first-order chi connectivity index (χ1) is 9.60. The van der Waals surface area contributed by atoms with Crippen molar-refractivity contribution in [3.8, 4) is 0 Å². The van der Waals surface area contributed by atoms with E-state index >= 15 is 0 Å². The molecule has 1 saturated heterocycles. The molecule has 0 aromatic carbocycles. The van der Waals surface area contributed by atoms with Gasteiger partial charge >= 0.3 is 0 Å². The fourth-order valence-electron chi connectivity index (χ4n) is 2.57. The molecule has 2 fully saturated rings. The third kappa shape index (κ3) is 3.05. The number of aromatic nitrogens is 1. The number of hydrogen-bond acceptors (Lipinski definition) is 4. The van der Waals surface area contributed by atoms with Crippen LogP contribution in [0.2, 0.25) is 0 Å². The van der Waals surface area contributed by atoms with Gasteiger partial charge in [0.25, 0.3) is 0 Å². The number of thioether (sulfide) groups is 1. The predicted molar refractivity (Wildman–Crippen MR) is 81.5 cm³/mol. The summed E-state index contributed by atoms with van der Waals surface area (Å²) in [6.45, 7) is 0.700. The van der Waals surface area contributed by atoms with Gasteiger partial charge in [-0.05, 0) is 38.1 Å². The molecule has 1 atom stereocenters. The third-order valence-electron chi connectivity index (χ3n) is 3.77. The van der Waals surface area contributed by atoms with E-state index < -0.39 is 10.0 Å². The monoisotopic (exact) mass is 315 g/mol. The van der Waals surface area contributed by atoms with Crippen LogP contribution in [0.4, 0.5) is 0 Å². The molecule has 112 valence electrons. The summed E-state index contributed by atoms with van der Waals surface area (Å²) in [7, 11) is -1.50. The van der Waals surface area contributed by atoms with Gasteiger partial charge in [0, 0.05) is 36.3 Å². The minimum Gasteiger partial charge on any atom is -0.346 e. The van der Waals surface area contributed by atoms with E-state index in [0.717, 1.165) is 36.5 Å². The molecule has 1 unspecified atom stereocenters.